The molecule has 2 aliphatic rings. The minimum Gasteiger partial charge on any atom is -0.352 e. The SMILES string of the molecule is N#CCC1=NC(NC2CC2)=NCC1c1nc(-c2ccc(Cl)cc2)cs1. The van der Waals surface area contributed by atoms with Crippen molar-refractivity contribution < 1.29 is 0 Å². The van der Waals surface area contributed by atoms with Gasteiger partial charge in [0, 0.05) is 27.7 Å². The Morgan fingerprint density at radius 3 is 2.80 bits per heavy atom. The molecule has 1 unspecified atom stereocenters. The number of nitrogens with one attached hydrogen (secondary N) is 1. The Morgan fingerprint density at radius 2 is 2.08 bits per heavy atom. The van der Waals surface area contributed by atoms with Crippen molar-refractivity contribution >= 4 is 34.6 Å². The van der Waals surface area contributed by atoms with Crippen LogP contribution < -0.4 is 5.32 Å². The number of aliphatic imine (C=N–C) groups is 2. The topological polar surface area (TPSA) is 73.4 Å². The lowest BCUT2D eigenvalue weighted by Gasteiger charge is -2.19. The Balaban J connectivity index is 1.56. The number of halogens is 1. The summed E-state index contributed by atoms with van der Waals surface area (Å²) in [6, 6.07) is 10.4. The van der Waals surface area contributed by atoms with Crippen LogP contribution in [0.25, 0.3) is 11.3 Å². The fourth-order valence-corrected chi connectivity index (χ4v) is 3.76. The van der Waals surface area contributed by atoms with Gasteiger partial charge in [-0.2, -0.15) is 5.26 Å². The average molecular weight is 370 g/mol. The fourth-order valence-electron chi connectivity index (χ4n) is 2.69. The first-order valence-electron chi connectivity index (χ1n) is 8.19. The Hall–Kier alpha value is -2.23. The quantitative estimate of drug-likeness (QED) is 0.884. The van der Waals surface area contributed by atoms with Crippen LogP contribution in [0.4, 0.5) is 0 Å². The van der Waals surface area contributed by atoms with Gasteiger partial charge in [0.25, 0.3) is 0 Å². The molecule has 1 atom stereocenters. The summed E-state index contributed by atoms with van der Waals surface area (Å²) >= 11 is 7.54. The third-order valence-corrected chi connectivity index (χ3v) is 5.42. The smallest absolute Gasteiger partial charge is 0.218 e. The van der Waals surface area contributed by atoms with Crippen LogP contribution in [0.1, 0.15) is 30.2 Å². The highest BCUT2D eigenvalue weighted by atomic mass is 35.5. The van der Waals surface area contributed by atoms with Crippen molar-refractivity contribution in [3.8, 4) is 17.3 Å². The van der Waals surface area contributed by atoms with Crippen LogP contribution in [0, 0.1) is 11.3 Å². The Kier molecular flexibility index (Phi) is 4.51. The maximum absolute atomic E-state index is 9.15. The second kappa shape index (κ2) is 6.95. The van der Waals surface area contributed by atoms with Crippen LogP contribution in [0.2, 0.25) is 5.02 Å². The summed E-state index contributed by atoms with van der Waals surface area (Å²) in [4.78, 5) is 13.9. The van der Waals surface area contributed by atoms with E-state index in [0.717, 1.165) is 22.0 Å². The number of guanidine groups is 1. The van der Waals surface area contributed by atoms with Crippen molar-refractivity contribution in [2.75, 3.05) is 6.54 Å². The zero-order chi connectivity index (χ0) is 17.2. The van der Waals surface area contributed by atoms with Gasteiger partial charge in [-0.25, -0.2) is 9.98 Å². The van der Waals surface area contributed by atoms with E-state index in [1.165, 1.54) is 12.8 Å². The molecule has 7 heteroatoms. The number of rotatable bonds is 4. The third-order valence-electron chi connectivity index (χ3n) is 4.21. The average Bonchev–Trinajstić information content (AvgIpc) is 3.29. The van der Waals surface area contributed by atoms with Gasteiger partial charge in [-0.1, -0.05) is 23.7 Å². The van der Waals surface area contributed by atoms with E-state index in [2.05, 4.69) is 21.4 Å². The highest BCUT2D eigenvalue weighted by Crippen LogP contribution is 2.30. The summed E-state index contributed by atoms with van der Waals surface area (Å²) in [5.74, 6) is 0.647. The number of hydrogen-bond donors (Lipinski definition) is 1. The van der Waals surface area contributed by atoms with Gasteiger partial charge in [-0.3, -0.25) is 4.99 Å². The summed E-state index contributed by atoms with van der Waals surface area (Å²) in [6.07, 6.45) is 2.64. The lowest BCUT2D eigenvalue weighted by atomic mass is 10.0. The van der Waals surface area contributed by atoms with Crippen molar-refractivity contribution in [2.24, 2.45) is 9.98 Å². The Bertz CT molecular complexity index is 874. The number of benzene rings is 1. The maximum Gasteiger partial charge on any atom is 0.218 e. The van der Waals surface area contributed by atoms with Gasteiger partial charge in [0.15, 0.2) is 0 Å². The van der Waals surface area contributed by atoms with E-state index in [4.69, 9.17) is 21.8 Å². The van der Waals surface area contributed by atoms with Crippen molar-refractivity contribution in [1.29, 1.82) is 5.26 Å². The zero-order valence-electron chi connectivity index (χ0n) is 13.4. The fraction of sp³-hybridized carbons (Fsp3) is 0.333. The highest BCUT2D eigenvalue weighted by Gasteiger charge is 2.28. The molecule has 0 amide bonds. The van der Waals surface area contributed by atoms with Crippen LogP contribution in [0.15, 0.2) is 39.6 Å². The molecule has 2 heterocycles. The molecule has 0 spiro atoms. The van der Waals surface area contributed by atoms with Gasteiger partial charge in [-0.15, -0.1) is 11.3 Å². The third kappa shape index (κ3) is 3.73. The molecule has 0 saturated heterocycles. The molecule has 1 aliphatic heterocycles. The van der Waals surface area contributed by atoms with Gasteiger partial charge in [0.1, 0.15) is 5.01 Å². The molecule has 1 aliphatic carbocycles. The molecule has 1 N–H and O–H groups in total. The second-order valence-electron chi connectivity index (χ2n) is 6.15. The highest BCUT2D eigenvalue weighted by molar-refractivity contribution is 7.10. The lowest BCUT2D eigenvalue weighted by molar-refractivity contribution is 0.812. The van der Waals surface area contributed by atoms with Crippen molar-refractivity contribution in [2.45, 2.75) is 31.2 Å². The minimum atomic E-state index is -0.0181. The van der Waals surface area contributed by atoms with E-state index < -0.39 is 0 Å². The van der Waals surface area contributed by atoms with E-state index >= 15 is 0 Å². The molecule has 4 rings (SSSR count). The van der Waals surface area contributed by atoms with Crippen LogP contribution >= 0.6 is 22.9 Å². The first-order chi connectivity index (χ1) is 12.2. The molecule has 1 saturated carbocycles. The molecule has 1 fully saturated rings. The number of hydrogen-bond acceptors (Lipinski definition) is 6. The molecule has 2 aromatic rings. The van der Waals surface area contributed by atoms with Crippen LogP contribution in [0.5, 0.6) is 0 Å². The van der Waals surface area contributed by atoms with E-state index in [-0.39, 0.29) is 5.92 Å². The summed E-state index contributed by atoms with van der Waals surface area (Å²) in [7, 11) is 0. The van der Waals surface area contributed by atoms with Gasteiger partial charge >= 0.3 is 0 Å². The molecule has 5 nitrogen and oxygen atoms in total. The molecule has 0 radical (unpaired) electrons. The normalized spacial score (nSPS) is 19.8. The maximum atomic E-state index is 9.15. The first kappa shape index (κ1) is 16.2. The van der Waals surface area contributed by atoms with Crippen LogP contribution in [-0.4, -0.2) is 29.2 Å². The minimum absolute atomic E-state index is 0.0181. The summed E-state index contributed by atoms with van der Waals surface area (Å²) in [5, 5.41) is 16.2. The van der Waals surface area contributed by atoms with Crippen molar-refractivity contribution in [3.63, 3.8) is 0 Å². The molecule has 1 aromatic carbocycles. The molecule has 0 bridgehead atoms. The predicted octanol–water partition coefficient (Wildman–Crippen LogP) is 4.02. The largest absolute Gasteiger partial charge is 0.352 e. The van der Waals surface area contributed by atoms with Gasteiger partial charge in [-0.05, 0) is 25.0 Å². The van der Waals surface area contributed by atoms with Crippen LogP contribution in [0.3, 0.4) is 0 Å². The molecule has 25 heavy (non-hydrogen) atoms. The first-order valence-corrected chi connectivity index (χ1v) is 9.45. The lowest BCUT2D eigenvalue weighted by Crippen LogP contribution is -2.31. The molecule has 126 valence electrons. The predicted molar refractivity (Wildman–Crippen MR) is 101 cm³/mol. The Morgan fingerprint density at radius 1 is 1.28 bits per heavy atom. The van der Waals surface area contributed by atoms with E-state index in [0.29, 0.717) is 30.0 Å². The molecule has 1 aromatic heterocycles. The van der Waals surface area contributed by atoms with E-state index in [9.17, 15) is 0 Å². The molecular formula is C18H16ClN5S. The summed E-state index contributed by atoms with van der Waals surface area (Å²) in [5.41, 5.74) is 2.79. The number of thiazole rings is 1. The van der Waals surface area contributed by atoms with Gasteiger partial charge in [0.05, 0.1) is 30.6 Å². The van der Waals surface area contributed by atoms with E-state index in [1.807, 2.05) is 29.6 Å². The van der Waals surface area contributed by atoms with E-state index in [1.54, 1.807) is 11.3 Å². The monoisotopic (exact) mass is 369 g/mol. The number of nitrogens with zero attached hydrogens (tertiary/aromatic N) is 4. The van der Waals surface area contributed by atoms with Gasteiger partial charge < -0.3 is 5.32 Å². The van der Waals surface area contributed by atoms with Crippen LogP contribution in [-0.2, 0) is 0 Å². The summed E-state index contributed by atoms with van der Waals surface area (Å²) in [6.45, 7) is 0.586. The Labute approximate surface area is 155 Å². The standard InChI is InChI=1S/C18H16ClN5S/c19-12-3-1-11(2-4-12)16-10-25-17(23-16)14-9-21-18(22-13-5-6-13)24-15(14)7-8-20/h1-4,10,13-14H,5-7,9H2,(H,21,22). The van der Waals surface area contributed by atoms with Crippen molar-refractivity contribution in [1.82, 2.24) is 10.3 Å². The number of aromatic nitrogens is 1. The number of nitriles is 1. The molecular weight excluding hydrogens is 354 g/mol. The van der Waals surface area contributed by atoms with Crippen molar-refractivity contribution in [3.05, 3.63) is 39.7 Å². The zero-order valence-corrected chi connectivity index (χ0v) is 15.0. The summed E-state index contributed by atoms with van der Waals surface area (Å²) < 4.78 is 0. The second-order valence-corrected chi connectivity index (χ2v) is 7.48. The van der Waals surface area contributed by atoms with Gasteiger partial charge in [0.2, 0.25) is 5.96 Å².